The van der Waals surface area contributed by atoms with Crippen LogP contribution in [0.3, 0.4) is 0 Å². The van der Waals surface area contributed by atoms with E-state index in [0.29, 0.717) is 12.0 Å². The van der Waals surface area contributed by atoms with Crippen molar-refractivity contribution in [2.45, 2.75) is 50.7 Å². The summed E-state index contributed by atoms with van der Waals surface area (Å²) >= 11 is 24.5. The zero-order valence-electron chi connectivity index (χ0n) is 14.0. The van der Waals surface area contributed by atoms with Crippen LogP contribution in [0, 0.1) is 6.92 Å². The smallest absolute Gasteiger partial charge is 0.254 e. The van der Waals surface area contributed by atoms with E-state index in [2.05, 4.69) is 5.32 Å². The molecule has 1 aliphatic heterocycles. The van der Waals surface area contributed by atoms with Crippen molar-refractivity contribution >= 4 is 52.3 Å². The summed E-state index contributed by atoms with van der Waals surface area (Å²) in [4.78, 5) is 12.7. The SMILES string of the molecule is CC[C@H]1OC(CO)[C@H](O)C(O)[C@@H]1NC(=O)c1c(Cl)c(Cl)c(C)c(Cl)c1Cl. The molecule has 0 saturated carbocycles. The second-order valence-electron chi connectivity index (χ2n) is 6.04. The van der Waals surface area contributed by atoms with Gasteiger partial charge in [-0.1, -0.05) is 53.3 Å². The Kier molecular flexibility index (Phi) is 7.44. The minimum Gasteiger partial charge on any atom is -0.394 e. The van der Waals surface area contributed by atoms with E-state index in [1.807, 2.05) is 0 Å². The number of hydrogen-bond acceptors (Lipinski definition) is 5. The lowest BCUT2D eigenvalue weighted by atomic mass is 9.91. The molecule has 0 bridgehead atoms. The van der Waals surface area contributed by atoms with Crippen LogP contribution in [-0.2, 0) is 4.74 Å². The van der Waals surface area contributed by atoms with E-state index in [1.165, 1.54) is 0 Å². The van der Waals surface area contributed by atoms with Crippen LogP contribution in [0.4, 0.5) is 0 Å². The van der Waals surface area contributed by atoms with Crippen molar-refractivity contribution in [3.05, 3.63) is 31.2 Å². The lowest BCUT2D eigenvalue weighted by molar-refractivity contribution is -0.193. The summed E-state index contributed by atoms with van der Waals surface area (Å²) in [6.07, 6.45) is -3.89. The predicted molar refractivity (Wildman–Crippen MR) is 101 cm³/mol. The standard InChI is InChI=1S/C16H19Cl4NO5/c1-3-6-13(15(24)14(23)7(4-22)26-6)21-16(25)8-11(19)9(17)5(2)10(18)12(8)20/h6-7,13-15,22-24H,3-4H2,1-2H3,(H,21,25)/t6-,7?,13-,14+,15?/m1/s1. The lowest BCUT2D eigenvalue weighted by Gasteiger charge is -2.42. The van der Waals surface area contributed by atoms with Gasteiger partial charge in [0.05, 0.1) is 44.4 Å². The molecule has 26 heavy (non-hydrogen) atoms. The summed E-state index contributed by atoms with van der Waals surface area (Å²) in [5, 5.41) is 32.3. The third-order valence-electron chi connectivity index (χ3n) is 4.44. The van der Waals surface area contributed by atoms with Crippen molar-refractivity contribution in [1.29, 1.82) is 0 Å². The quantitative estimate of drug-likeness (QED) is 0.533. The number of halogens is 4. The van der Waals surface area contributed by atoms with Gasteiger partial charge >= 0.3 is 0 Å². The minimum atomic E-state index is -1.37. The molecule has 146 valence electrons. The van der Waals surface area contributed by atoms with Crippen molar-refractivity contribution in [2.24, 2.45) is 0 Å². The largest absolute Gasteiger partial charge is 0.394 e. The van der Waals surface area contributed by atoms with E-state index in [4.69, 9.17) is 51.1 Å². The molecule has 2 unspecified atom stereocenters. The summed E-state index contributed by atoms with van der Waals surface area (Å²) < 4.78 is 5.55. The van der Waals surface area contributed by atoms with Crippen LogP contribution < -0.4 is 5.32 Å². The third kappa shape index (κ3) is 3.93. The first-order chi connectivity index (χ1) is 12.1. The molecular formula is C16H19Cl4NO5. The molecule has 1 saturated heterocycles. The molecule has 6 nitrogen and oxygen atoms in total. The van der Waals surface area contributed by atoms with Gasteiger partial charge in [-0.25, -0.2) is 0 Å². The Labute approximate surface area is 170 Å². The van der Waals surface area contributed by atoms with Crippen molar-refractivity contribution in [3.63, 3.8) is 0 Å². The number of rotatable bonds is 4. The summed E-state index contributed by atoms with van der Waals surface area (Å²) in [5.41, 5.74) is 0.309. The van der Waals surface area contributed by atoms with Crippen LogP contribution in [0.15, 0.2) is 0 Å². The van der Waals surface area contributed by atoms with Crippen molar-refractivity contribution in [1.82, 2.24) is 5.32 Å². The summed E-state index contributed by atoms with van der Waals surface area (Å²) in [5.74, 6) is -0.718. The van der Waals surface area contributed by atoms with E-state index in [9.17, 15) is 20.1 Å². The van der Waals surface area contributed by atoms with Gasteiger partial charge in [0.25, 0.3) is 5.91 Å². The van der Waals surface area contributed by atoms with E-state index in [-0.39, 0.29) is 25.7 Å². The molecule has 1 heterocycles. The van der Waals surface area contributed by atoms with Gasteiger partial charge in [-0.15, -0.1) is 0 Å². The van der Waals surface area contributed by atoms with E-state index >= 15 is 0 Å². The number of benzene rings is 1. The van der Waals surface area contributed by atoms with Gasteiger partial charge in [0.15, 0.2) is 0 Å². The van der Waals surface area contributed by atoms with E-state index in [1.54, 1.807) is 13.8 Å². The molecule has 4 N–H and O–H groups in total. The Balaban J connectivity index is 2.35. The van der Waals surface area contributed by atoms with Crippen molar-refractivity contribution in [3.8, 4) is 0 Å². The molecule has 0 spiro atoms. The molecule has 2 rings (SSSR count). The van der Waals surface area contributed by atoms with Crippen molar-refractivity contribution < 1.29 is 24.9 Å². The van der Waals surface area contributed by atoms with E-state index < -0.39 is 43.0 Å². The summed E-state index contributed by atoms with van der Waals surface area (Å²) in [7, 11) is 0. The molecular weight excluding hydrogens is 428 g/mol. The van der Waals surface area contributed by atoms with Crippen LogP contribution in [0.5, 0.6) is 0 Å². The van der Waals surface area contributed by atoms with Gasteiger partial charge in [0, 0.05) is 0 Å². The Morgan fingerprint density at radius 1 is 1.04 bits per heavy atom. The van der Waals surface area contributed by atoms with Gasteiger partial charge < -0.3 is 25.4 Å². The average molecular weight is 447 g/mol. The number of hydrogen-bond donors (Lipinski definition) is 4. The fraction of sp³-hybridized carbons (Fsp3) is 0.562. The molecule has 0 radical (unpaired) electrons. The molecule has 1 aromatic carbocycles. The maximum Gasteiger partial charge on any atom is 0.254 e. The number of ether oxygens (including phenoxy) is 1. The number of amides is 1. The van der Waals surface area contributed by atoms with E-state index in [0.717, 1.165) is 0 Å². The number of carbonyl (C=O) groups excluding carboxylic acids is 1. The Morgan fingerprint density at radius 2 is 1.58 bits per heavy atom. The molecule has 1 amide bonds. The second kappa shape index (κ2) is 8.80. The zero-order chi connectivity index (χ0) is 19.8. The third-order valence-corrected chi connectivity index (χ3v) is 6.33. The van der Waals surface area contributed by atoms with Crippen molar-refractivity contribution in [2.75, 3.05) is 6.61 Å². The lowest BCUT2D eigenvalue weighted by Crippen LogP contribution is -2.64. The maximum absolute atomic E-state index is 12.7. The second-order valence-corrected chi connectivity index (χ2v) is 7.55. The molecule has 1 aliphatic rings. The van der Waals surface area contributed by atoms with Gasteiger partial charge in [-0.2, -0.15) is 0 Å². The molecule has 1 fully saturated rings. The van der Waals surface area contributed by atoms with Crippen LogP contribution in [-0.4, -0.2) is 58.3 Å². The summed E-state index contributed by atoms with van der Waals surface area (Å²) in [6.45, 7) is 2.93. The molecule has 1 aromatic rings. The minimum absolute atomic E-state index is 0.0656. The summed E-state index contributed by atoms with van der Waals surface area (Å²) in [6, 6.07) is -0.948. The highest BCUT2D eigenvalue weighted by atomic mass is 35.5. The normalized spacial score (nSPS) is 28.9. The topological polar surface area (TPSA) is 99.0 Å². The highest BCUT2D eigenvalue weighted by Gasteiger charge is 2.44. The van der Waals surface area contributed by atoms with Crippen LogP contribution in [0.2, 0.25) is 20.1 Å². The average Bonchev–Trinajstić information content (AvgIpc) is 2.62. The monoisotopic (exact) mass is 445 g/mol. The van der Waals surface area contributed by atoms with Crippen LogP contribution in [0.25, 0.3) is 0 Å². The molecule has 0 aromatic heterocycles. The maximum atomic E-state index is 12.7. The van der Waals surface area contributed by atoms with Crippen LogP contribution >= 0.6 is 46.4 Å². The highest BCUT2D eigenvalue weighted by Crippen LogP contribution is 2.40. The molecule has 10 heteroatoms. The zero-order valence-corrected chi connectivity index (χ0v) is 17.0. The Bertz CT molecular complexity index is 671. The van der Waals surface area contributed by atoms with Gasteiger partial charge in [0.1, 0.15) is 18.3 Å². The van der Waals surface area contributed by atoms with Gasteiger partial charge in [-0.3, -0.25) is 4.79 Å². The fourth-order valence-corrected chi connectivity index (χ4v) is 4.00. The first kappa shape index (κ1) is 22.0. The number of carbonyl (C=O) groups is 1. The first-order valence-electron chi connectivity index (χ1n) is 7.91. The van der Waals surface area contributed by atoms with Gasteiger partial charge in [-0.05, 0) is 18.9 Å². The molecule has 0 aliphatic carbocycles. The fourth-order valence-electron chi connectivity index (χ4n) is 2.89. The predicted octanol–water partition coefficient (Wildman–Crippen LogP) is 2.60. The number of aliphatic hydroxyl groups is 3. The number of aliphatic hydroxyl groups excluding tert-OH is 3. The highest BCUT2D eigenvalue weighted by molar-refractivity contribution is 6.50. The van der Waals surface area contributed by atoms with Crippen LogP contribution in [0.1, 0.15) is 29.3 Å². The number of nitrogens with one attached hydrogen (secondary N) is 1. The first-order valence-corrected chi connectivity index (χ1v) is 9.42. The molecule has 5 atom stereocenters. The Hall–Kier alpha value is -0.310. The Morgan fingerprint density at radius 3 is 2.04 bits per heavy atom. The van der Waals surface area contributed by atoms with Gasteiger partial charge in [0.2, 0.25) is 0 Å².